The first-order chi connectivity index (χ1) is 15.9. The molecule has 5 nitrogen and oxygen atoms in total. The van der Waals surface area contributed by atoms with Crippen molar-refractivity contribution in [1.29, 1.82) is 5.26 Å². The van der Waals surface area contributed by atoms with Crippen molar-refractivity contribution in [3.63, 3.8) is 0 Å². The summed E-state index contributed by atoms with van der Waals surface area (Å²) in [6.07, 6.45) is 1.55. The molecule has 0 bridgehead atoms. The van der Waals surface area contributed by atoms with Gasteiger partial charge in [0.1, 0.15) is 18.2 Å². The molecule has 168 valence electrons. The van der Waals surface area contributed by atoms with Crippen LogP contribution in [-0.4, -0.2) is 12.5 Å². The van der Waals surface area contributed by atoms with Crippen LogP contribution in [0.15, 0.2) is 66.2 Å². The molecular weight excluding hydrogens is 412 g/mol. The Morgan fingerprint density at radius 3 is 2.30 bits per heavy atom. The van der Waals surface area contributed by atoms with Crippen molar-refractivity contribution < 1.29 is 14.3 Å². The number of rotatable bonds is 8. The maximum absolute atomic E-state index is 12.8. The normalized spacial score (nSPS) is 10.9. The van der Waals surface area contributed by atoms with Gasteiger partial charge in [-0.05, 0) is 68.2 Å². The van der Waals surface area contributed by atoms with Crippen molar-refractivity contribution in [2.45, 2.75) is 34.3 Å². The van der Waals surface area contributed by atoms with Crippen LogP contribution in [0.25, 0.3) is 6.08 Å². The molecule has 0 aliphatic rings. The Labute approximate surface area is 195 Å². The lowest BCUT2D eigenvalue weighted by atomic mass is 10.1. The van der Waals surface area contributed by atoms with E-state index in [0.29, 0.717) is 30.3 Å². The Morgan fingerprint density at radius 1 is 0.970 bits per heavy atom. The second-order valence-corrected chi connectivity index (χ2v) is 7.80. The van der Waals surface area contributed by atoms with Gasteiger partial charge >= 0.3 is 0 Å². The molecule has 0 aliphatic heterocycles. The Morgan fingerprint density at radius 2 is 1.67 bits per heavy atom. The molecule has 3 aromatic rings. The summed E-state index contributed by atoms with van der Waals surface area (Å²) in [4.78, 5) is 12.8. The van der Waals surface area contributed by atoms with Gasteiger partial charge in [0.05, 0.1) is 6.61 Å². The van der Waals surface area contributed by atoms with Gasteiger partial charge in [-0.3, -0.25) is 4.79 Å². The topological polar surface area (TPSA) is 71.3 Å². The largest absolute Gasteiger partial charge is 0.490 e. The van der Waals surface area contributed by atoms with E-state index in [0.717, 1.165) is 22.4 Å². The van der Waals surface area contributed by atoms with Crippen LogP contribution >= 0.6 is 0 Å². The highest BCUT2D eigenvalue weighted by atomic mass is 16.5. The molecule has 1 N–H and O–H groups in total. The molecule has 0 fully saturated rings. The van der Waals surface area contributed by atoms with Crippen LogP contribution in [-0.2, 0) is 11.4 Å². The summed E-state index contributed by atoms with van der Waals surface area (Å²) < 4.78 is 11.7. The standard InChI is InChI=1S/C28H28N2O3/c1-5-32-26-16-23(13-14-25(26)33-18-22-11-9-19(2)10-12-22)15-24(17-29)28(31)30-27-20(3)7-6-8-21(27)4/h6-16H,5,18H2,1-4H3,(H,30,31)/b24-15-. The second kappa shape index (κ2) is 11.0. The summed E-state index contributed by atoms with van der Waals surface area (Å²) >= 11 is 0. The number of nitrogens with one attached hydrogen (secondary N) is 1. The van der Waals surface area contributed by atoms with E-state index in [9.17, 15) is 10.1 Å². The van der Waals surface area contributed by atoms with Gasteiger partial charge < -0.3 is 14.8 Å². The first kappa shape index (κ1) is 23.6. The van der Waals surface area contributed by atoms with E-state index in [1.54, 1.807) is 24.3 Å². The number of benzene rings is 3. The summed E-state index contributed by atoms with van der Waals surface area (Å²) in [6.45, 7) is 8.65. The third-order valence-electron chi connectivity index (χ3n) is 5.18. The maximum Gasteiger partial charge on any atom is 0.266 e. The molecule has 0 unspecified atom stereocenters. The number of anilines is 1. The van der Waals surface area contributed by atoms with Gasteiger partial charge in [0.2, 0.25) is 0 Å². The Kier molecular flexibility index (Phi) is 7.88. The Bertz CT molecular complexity index is 1180. The maximum atomic E-state index is 12.8. The minimum Gasteiger partial charge on any atom is -0.490 e. The predicted octanol–water partition coefficient (Wildman–Crippen LogP) is 6.14. The lowest BCUT2D eigenvalue weighted by Crippen LogP contribution is -2.15. The van der Waals surface area contributed by atoms with Crippen LogP contribution in [0.1, 0.15) is 34.7 Å². The van der Waals surface area contributed by atoms with E-state index < -0.39 is 5.91 Å². The zero-order chi connectivity index (χ0) is 23.8. The molecule has 0 atom stereocenters. The summed E-state index contributed by atoms with van der Waals surface area (Å²) in [7, 11) is 0. The van der Waals surface area contributed by atoms with Crippen molar-refractivity contribution in [3.05, 3.63) is 94.1 Å². The third-order valence-corrected chi connectivity index (χ3v) is 5.18. The predicted molar refractivity (Wildman–Crippen MR) is 131 cm³/mol. The molecule has 3 aromatic carbocycles. The van der Waals surface area contributed by atoms with Crippen molar-refractivity contribution in [2.24, 2.45) is 0 Å². The van der Waals surface area contributed by atoms with Crippen LogP contribution in [0, 0.1) is 32.1 Å². The molecule has 0 spiro atoms. The number of hydrogen-bond donors (Lipinski definition) is 1. The number of ether oxygens (including phenoxy) is 2. The molecule has 0 heterocycles. The summed E-state index contributed by atoms with van der Waals surface area (Å²) in [5.41, 5.74) is 5.53. The highest BCUT2D eigenvalue weighted by Gasteiger charge is 2.13. The van der Waals surface area contributed by atoms with Gasteiger partial charge in [-0.25, -0.2) is 0 Å². The number of carbonyl (C=O) groups is 1. The first-order valence-corrected chi connectivity index (χ1v) is 10.9. The molecule has 5 heteroatoms. The van der Waals surface area contributed by atoms with Crippen molar-refractivity contribution in [3.8, 4) is 17.6 Å². The summed E-state index contributed by atoms with van der Waals surface area (Å²) in [5, 5.41) is 12.5. The number of hydrogen-bond acceptors (Lipinski definition) is 4. The van der Waals surface area contributed by atoms with E-state index in [-0.39, 0.29) is 5.57 Å². The van der Waals surface area contributed by atoms with Crippen LogP contribution in [0.4, 0.5) is 5.69 Å². The van der Waals surface area contributed by atoms with Crippen molar-refractivity contribution in [1.82, 2.24) is 0 Å². The van der Waals surface area contributed by atoms with E-state index >= 15 is 0 Å². The lowest BCUT2D eigenvalue weighted by molar-refractivity contribution is -0.112. The van der Waals surface area contributed by atoms with E-state index in [1.165, 1.54) is 5.56 Å². The summed E-state index contributed by atoms with van der Waals surface area (Å²) in [5.74, 6) is 0.714. The minimum absolute atomic E-state index is 0.00780. The summed E-state index contributed by atoms with van der Waals surface area (Å²) in [6, 6.07) is 21.3. The van der Waals surface area contributed by atoms with Crippen molar-refractivity contribution in [2.75, 3.05) is 11.9 Å². The molecular formula is C28H28N2O3. The van der Waals surface area contributed by atoms with E-state index in [2.05, 4.69) is 5.32 Å². The molecule has 33 heavy (non-hydrogen) atoms. The number of aryl methyl sites for hydroxylation is 3. The number of para-hydroxylation sites is 1. The van der Waals surface area contributed by atoms with Gasteiger partial charge in [-0.2, -0.15) is 5.26 Å². The SMILES string of the molecule is CCOc1cc(/C=C(/C#N)C(=O)Nc2c(C)cccc2C)ccc1OCc1ccc(C)cc1. The first-order valence-electron chi connectivity index (χ1n) is 10.9. The molecule has 0 aromatic heterocycles. The molecule has 0 aliphatic carbocycles. The van der Waals surface area contributed by atoms with E-state index in [4.69, 9.17) is 9.47 Å². The smallest absolute Gasteiger partial charge is 0.266 e. The fourth-order valence-electron chi connectivity index (χ4n) is 3.36. The minimum atomic E-state index is -0.451. The average Bonchev–Trinajstić information content (AvgIpc) is 2.80. The van der Waals surface area contributed by atoms with Gasteiger partial charge in [0, 0.05) is 5.69 Å². The Hall–Kier alpha value is -4.04. The van der Waals surface area contributed by atoms with Crippen LogP contribution < -0.4 is 14.8 Å². The fraction of sp³-hybridized carbons (Fsp3) is 0.214. The molecule has 3 rings (SSSR count). The second-order valence-electron chi connectivity index (χ2n) is 7.80. The highest BCUT2D eigenvalue weighted by molar-refractivity contribution is 6.10. The third kappa shape index (κ3) is 6.24. The zero-order valence-corrected chi connectivity index (χ0v) is 19.4. The van der Waals surface area contributed by atoms with Gasteiger partial charge in [0.15, 0.2) is 11.5 Å². The monoisotopic (exact) mass is 440 g/mol. The van der Waals surface area contributed by atoms with Gasteiger partial charge in [0.25, 0.3) is 5.91 Å². The van der Waals surface area contributed by atoms with Gasteiger partial charge in [-0.15, -0.1) is 0 Å². The number of nitrogens with zero attached hydrogens (tertiary/aromatic N) is 1. The van der Waals surface area contributed by atoms with Crippen LogP contribution in [0.2, 0.25) is 0 Å². The van der Waals surface area contributed by atoms with Crippen LogP contribution in [0.5, 0.6) is 11.5 Å². The molecule has 0 saturated heterocycles. The average molecular weight is 441 g/mol. The van der Waals surface area contributed by atoms with Gasteiger partial charge in [-0.1, -0.05) is 54.1 Å². The van der Waals surface area contributed by atoms with E-state index in [1.807, 2.05) is 76.2 Å². The zero-order valence-electron chi connectivity index (χ0n) is 19.4. The lowest BCUT2D eigenvalue weighted by Gasteiger charge is -2.13. The molecule has 0 saturated carbocycles. The molecule has 0 radical (unpaired) electrons. The highest BCUT2D eigenvalue weighted by Crippen LogP contribution is 2.30. The fourth-order valence-corrected chi connectivity index (χ4v) is 3.36. The Balaban J connectivity index is 1.80. The van der Waals surface area contributed by atoms with Crippen LogP contribution in [0.3, 0.4) is 0 Å². The van der Waals surface area contributed by atoms with Crippen molar-refractivity contribution >= 4 is 17.7 Å². The molecule has 1 amide bonds. The number of amides is 1. The quantitative estimate of drug-likeness (QED) is 0.338. The number of nitriles is 1. The number of carbonyl (C=O) groups excluding carboxylic acids is 1.